The monoisotopic (exact) mass is 550 g/mol. The first-order chi connectivity index (χ1) is 19.1. The van der Waals surface area contributed by atoms with Crippen molar-refractivity contribution in [3.8, 4) is 0 Å². The number of alkyl halides is 1. The molecule has 0 spiro atoms. The van der Waals surface area contributed by atoms with Gasteiger partial charge in [0.1, 0.15) is 0 Å². The lowest BCUT2D eigenvalue weighted by Crippen LogP contribution is -2.70. The quantitative estimate of drug-likeness (QED) is 0.0599. The summed E-state index contributed by atoms with van der Waals surface area (Å²) in [6.45, 7) is 7.26. The molecule has 0 aromatic heterocycles. The Hall–Kier alpha value is -2.87. The number of rotatable bonds is 15. The van der Waals surface area contributed by atoms with Crippen molar-refractivity contribution in [2.45, 2.75) is 69.6 Å². The maximum Gasteiger partial charge on any atom is 0.177 e. The van der Waals surface area contributed by atoms with Crippen LogP contribution in [0.3, 0.4) is 0 Å². The molecule has 0 heterocycles. The Bertz CT molecular complexity index is 1160. The highest BCUT2D eigenvalue weighted by atomic mass is 35.5. The maximum atomic E-state index is 7.97. The second kappa shape index (κ2) is 14.5. The molecule has 1 unspecified atom stereocenters. The van der Waals surface area contributed by atoms with Gasteiger partial charge >= 0.3 is 0 Å². The topological polar surface area (TPSA) is 0 Å². The highest BCUT2D eigenvalue weighted by Crippen LogP contribution is 2.44. The molecule has 4 aromatic carbocycles. The van der Waals surface area contributed by atoms with Gasteiger partial charge in [0.05, 0.1) is 4.87 Å². The molecular formula is C37H43ClSi. The predicted molar refractivity (Wildman–Crippen MR) is 174 cm³/mol. The Balaban J connectivity index is 1.79. The highest BCUT2D eigenvalue weighted by Gasteiger charge is 2.50. The predicted octanol–water partition coefficient (Wildman–Crippen LogP) is 8.92. The average Bonchev–Trinajstić information content (AvgIpc) is 3.01. The summed E-state index contributed by atoms with van der Waals surface area (Å²) in [4.78, 5) is -0.669. The molecule has 1 atom stereocenters. The molecule has 0 bridgehead atoms. The van der Waals surface area contributed by atoms with Crippen LogP contribution in [0, 0.1) is 0 Å². The molecular weight excluding hydrogens is 508 g/mol. The first-order valence-corrected chi connectivity index (χ1v) is 17.1. The van der Waals surface area contributed by atoms with E-state index in [1.54, 1.807) is 0 Å². The van der Waals surface area contributed by atoms with Crippen LogP contribution < -0.4 is 15.6 Å². The third-order valence-corrected chi connectivity index (χ3v) is 13.9. The normalized spacial score (nSPS) is 13.1. The molecule has 2 heteroatoms. The number of allylic oxidation sites excluding steroid dienone is 1. The highest BCUT2D eigenvalue weighted by molar-refractivity contribution is 7.16. The van der Waals surface area contributed by atoms with Crippen LogP contribution in [0.15, 0.2) is 133 Å². The molecule has 0 aliphatic heterocycles. The van der Waals surface area contributed by atoms with Crippen LogP contribution in [0.4, 0.5) is 0 Å². The Morgan fingerprint density at radius 3 is 1.33 bits per heavy atom. The summed E-state index contributed by atoms with van der Waals surface area (Å²) in [5, 5.41) is 5.12. The number of unbranched alkanes of at least 4 members (excludes halogenated alkanes) is 7. The minimum Gasteiger partial charge on any atom is -0.110 e. The van der Waals surface area contributed by atoms with Gasteiger partial charge in [-0.2, -0.15) is 0 Å². The Morgan fingerprint density at radius 1 is 0.564 bits per heavy atom. The number of hydrogen-bond acceptors (Lipinski definition) is 0. The summed E-state index contributed by atoms with van der Waals surface area (Å²) in [5.41, 5.74) is 1.15. The zero-order valence-corrected chi connectivity index (χ0v) is 25.3. The van der Waals surface area contributed by atoms with Crippen molar-refractivity contribution in [3.05, 3.63) is 139 Å². The smallest absolute Gasteiger partial charge is 0.110 e. The van der Waals surface area contributed by atoms with Crippen molar-refractivity contribution in [2.24, 2.45) is 0 Å². The molecule has 0 fully saturated rings. The van der Waals surface area contributed by atoms with Gasteiger partial charge in [-0.3, -0.25) is 0 Å². The molecule has 4 aromatic rings. The van der Waals surface area contributed by atoms with E-state index in [4.69, 9.17) is 18.2 Å². The fourth-order valence-electron chi connectivity index (χ4n) is 6.06. The van der Waals surface area contributed by atoms with Crippen LogP contribution >= 0.6 is 11.6 Å². The van der Waals surface area contributed by atoms with E-state index in [1.165, 1.54) is 60.5 Å². The Morgan fingerprint density at radius 2 is 0.923 bits per heavy atom. The van der Waals surface area contributed by atoms with Crippen LogP contribution in [-0.4, -0.2) is 8.07 Å². The lowest BCUT2D eigenvalue weighted by atomic mass is 9.91. The summed E-state index contributed by atoms with van der Waals surface area (Å²) < 4.78 is 0. The maximum absolute atomic E-state index is 7.97. The summed E-state index contributed by atoms with van der Waals surface area (Å²) in [6.07, 6.45) is 11.1. The Labute approximate surface area is 242 Å². The van der Waals surface area contributed by atoms with E-state index >= 15 is 0 Å². The van der Waals surface area contributed by atoms with Gasteiger partial charge in [0.25, 0.3) is 0 Å². The summed E-state index contributed by atoms with van der Waals surface area (Å²) in [5.74, 6) is 0. The fourth-order valence-corrected chi connectivity index (χ4v) is 11.7. The van der Waals surface area contributed by atoms with Crippen molar-refractivity contribution in [1.82, 2.24) is 0 Å². The van der Waals surface area contributed by atoms with E-state index in [2.05, 4.69) is 128 Å². The van der Waals surface area contributed by atoms with E-state index in [0.29, 0.717) is 0 Å². The van der Waals surface area contributed by atoms with E-state index in [0.717, 1.165) is 23.6 Å². The third kappa shape index (κ3) is 6.65. The van der Waals surface area contributed by atoms with Crippen LogP contribution in [-0.2, 0) is 4.87 Å². The van der Waals surface area contributed by atoms with Gasteiger partial charge in [0.2, 0.25) is 0 Å². The number of benzene rings is 4. The standard InChI is InChI=1S/C37H43ClSi/c1-3-4-5-6-7-8-9-22-31-37(38,33-23-14-10-15-24-33)32(2)39(34-25-16-11-17-26-34,35-27-18-12-19-28-35)36-29-20-13-21-30-36/h10-21,23-30H,2-9,22,31H2,1H3. The molecule has 202 valence electrons. The molecule has 0 aliphatic carbocycles. The van der Waals surface area contributed by atoms with E-state index < -0.39 is 12.9 Å². The van der Waals surface area contributed by atoms with Gasteiger partial charge in [0, 0.05) is 0 Å². The van der Waals surface area contributed by atoms with Gasteiger partial charge in [-0.15, -0.1) is 18.2 Å². The van der Waals surface area contributed by atoms with Crippen molar-refractivity contribution in [2.75, 3.05) is 0 Å². The van der Waals surface area contributed by atoms with Crippen molar-refractivity contribution < 1.29 is 0 Å². The van der Waals surface area contributed by atoms with Crippen LogP contribution in [0.5, 0.6) is 0 Å². The summed E-state index contributed by atoms with van der Waals surface area (Å²) >= 11 is 7.97. The van der Waals surface area contributed by atoms with E-state index in [9.17, 15) is 0 Å². The zero-order chi connectivity index (χ0) is 27.4. The lowest BCUT2D eigenvalue weighted by molar-refractivity contribution is 0.536. The second-order valence-electron chi connectivity index (χ2n) is 10.7. The number of halogens is 1. The minimum absolute atomic E-state index is 0.669. The van der Waals surface area contributed by atoms with Gasteiger partial charge in [-0.1, -0.05) is 180 Å². The zero-order valence-electron chi connectivity index (χ0n) is 23.5. The van der Waals surface area contributed by atoms with Gasteiger partial charge in [0.15, 0.2) is 8.07 Å². The first kappa shape index (κ1) is 29.1. The second-order valence-corrected chi connectivity index (χ2v) is 15.2. The molecule has 39 heavy (non-hydrogen) atoms. The van der Waals surface area contributed by atoms with Crippen LogP contribution in [0.1, 0.15) is 70.3 Å². The average molecular weight is 551 g/mol. The molecule has 0 aliphatic rings. The molecule has 0 amide bonds. The van der Waals surface area contributed by atoms with Crippen LogP contribution in [0.25, 0.3) is 0 Å². The molecule has 0 N–H and O–H groups in total. The molecule has 4 rings (SSSR count). The first-order valence-electron chi connectivity index (χ1n) is 14.7. The summed E-state index contributed by atoms with van der Waals surface area (Å²) in [7, 11) is -2.76. The number of hydrogen-bond donors (Lipinski definition) is 0. The largest absolute Gasteiger partial charge is 0.177 e. The van der Waals surface area contributed by atoms with E-state index in [1.807, 2.05) is 0 Å². The fraction of sp³-hybridized carbons (Fsp3) is 0.297. The SMILES string of the molecule is C=C(C(Cl)(CCCCCCCCCC)c1ccccc1)[Si](c1ccccc1)(c1ccccc1)c1ccccc1. The molecule has 0 nitrogen and oxygen atoms in total. The van der Waals surface area contributed by atoms with E-state index in [-0.39, 0.29) is 0 Å². The van der Waals surface area contributed by atoms with Crippen molar-refractivity contribution in [3.63, 3.8) is 0 Å². The molecule has 0 saturated carbocycles. The van der Waals surface area contributed by atoms with Gasteiger partial charge < -0.3 is 0 Å². The lowest BCUT2D eigenvalue weighted by Gasteiger charge is -2.43. The minimum atomic E-state index is -2.76. The van der Waals surface area contributed by atoms with Gasteiger partial charge in [-0.25, -0.2) is 0 Å². The van der Waals surface area contributed by atoms with Crippen LogP contribution in [0.2, 0.25) is 0 Å². The van der Waals surface area contributed by atoms with Crippen molar-refractivity contribution in [1.29, 1.82) is 0 Å². The third-order valence-electron chi connectivity index (χ3n) is 8.16. The molecule has 0 radical (unpaired) electrons. The Kier molecular flexibility index (Phi) is 10.8. The van der Waals surface area contributed by atoms with Crippen molar-refractivity contribution >= 4 is 35.2 Å². The van der Waals surface area contributed by atoms with Gasteiger partial charge in [-0.05, 0) is 32.7 Å². The molecule has 0 saturated heterocycles. The summed E-state index contributed by atoms with van der Waals surface area (Å²) in [6, 6.07) is 43.7.